The van der Waals surface area contributed by atoms with Crippen LogP contribution >= 0.6 is 7.52 Å². The van der Waals surface area contributed by atoms with Crippen LogP contribution in [-0.2, 0) is 9.09 Å². The van der Waals surface area contributed by atoms with Gasteiger partial charge in [0.15, 0.2) is 5.81 Å². The first-order valence-corrected chi connectivity index (χ1v) is 6.42. The Morgan fingerprint density at radius 3 is 2.14 bits per heavy atom. The average Bonchev–Trinajstić information content (AvgIpc) is 2.03. The monoisotopic (exact) mass is 218 g/mol. The number of rotatable bonds is 5. The molecule has 0 saturated heterocycles. The summed E-state index contributed by atoms with van der Waals surface area (Å²) >= 11 is 0. The maximum atomic E-state index is 12.1. The lowest BCUT2D eigenvalue weighted by Gasteiger charge is -2.29. The number of nitriles is 1. The van der Waals surface area contributed by atoms with Crippen LogP contribution in [0.15, 0.2) is 0 Å². The Morgan fingerprint density at radius 2 is 1.93 bits per heavy atom. The van der Waals surface area contributed by atoms with Gasteiger partial charge in [-0.05, 0) is 27.7 Å². The second kappa shape index (κ2) is 5.50. The van der Waals surface area contributed by atoms with E-state index in [0.717, 1.165) is 0 Å². The summed E-state index contributed by atoms with van der Waals surface area (Å²) in [6, 6.07) is 0.0456. The summed E-state index contributed by atoms with van der Waals surface area (Å²) in [6.45, 7) is 9.77. The van der Waals surface area contributed by atoms with Crippen LogP contribution in [0.1, 0.15) is 34.6 Å². The SMILES string of the molecule is CCN(C(C)C)P(=O)(C#N)OC(C)C. The van der Waals surface area contributed by atoms with Crippen molar-refractivity contribution in [1.29, 1.82) is 5.26 Å². The fraction of sp³-hybridized carbons (Fsp3) is 0.889. The number of hydrogen-bond acceptors (Lipinski definition) is 3. The van der Waals surface area contributed by atoms with Gasteiger partial charge >= 0.3 is 7.52 Å². The molecule has 0 N–H and O–H groups in total. The quantitative estimate of drug-likeness (QED) is 0.666. The Hall–Kier alpha value is -0.360. The van der Waals surface area contributed by atoms with Crippen LogP contribution in [0.2, 0.25) is 0 Å². The van der Waals surface area contributed by atoms with Gasteiger partial charge in [-0.3, -0.25) is 4.57 Å². The highest BCUT2D eigenvalue weighted by Crippen LogP contribution is 2.51. The molecule has 0 aromatic heterocycles. The summed E-state index contributed by atoms with van der Waals surface area (Å²) in [5.41, 5.74) is 0. The lowest BCUT2D eigenvalue weighted by molar-refractivity contribution is 0.206. The first-order valence-electron chi connectivity index (χ1n) is 4.84. The molecule has 0 radical (unpaired) electrons. The van der Waals surface area contributed by atoms with Crippen molar-refractivity contribution in [2.24, 2.45) is 0 Å². The van der Waals surface area contributed by atoms with E-state index in [0.29, 0.717) is 6.54 Å². The van der Waals surface area contributed by atoms with E-state index in [1.165, 1.54) is 0 Å². The Labute approximate surface area is 86.4 Å². The van der Waals surface area contributed by atoms with Crippen molar-refractivity contribution in [1.82, 2.24) is 4.67 Å². The first kappa shape index (κ1) is 13.6. The molecule has 0 aromatic rings. The molecule has 4 nitrogen and oxygen atoms in total. The van der Waals surface area contributed by atoms with Gasteiger partial charge in [0.25, 0.3) is 0 Å². The molecule has 82 valence electrons. The van der Waals surface area contributed by atoms with Crippen molar-refractivity contribution in [3.8, 4) is 5.81 Å². The lowest BCUT2D eigenvalue weighted by Crippen LogP contribution is -2.28. The smallest absolute Gasteiger partial charge is 0.304 e. The Bertz CT molecular complexity index is 258. The molecule has 0 fully saturated rings. The molecule has 14 heavy (non-hydrogen) atoms. The van der Waals surface area contributed by atoms with E-state index < -0.39 is 7.52 Å². The van der Waals surface area contributed by atoms with Crippen LogP contribution in [0.25, 0.3) is 0 Å². The third kappa shape index (κ3) is 3.42. The Kier molecular flexibility index (Phi) is 5.36. The van der Waals surface area contributed by atoms with Crippen LogP contribution in [0, 0.1) is 11.1 Å². The highest BCUT2D eigenvalue weighted by molar-refractivity contribution is 7.61. The number of nitrogens with zero attached hydrogens (tertiary/aromatic N) is 2. The van der Waals surface area contributed by atoms with Crippen LogP contribution in [0.5, 0.6) is 0 Å². The number of hydrogen-bond donors (Lipinski definition) is 0. The minimum atomic E-state index is -3.28. The molecule has 0 aliphatic heterocycles. The van der Waals surface area contributed by atoms with Crippen molar-refractivity contribution in [2.45, 2.75) is 46.8 Å². The maximum Gasteiger partial charge on any atom is 0.371 e. The molecule has 0 rings (SSSR count). The third-order valence-electron chi connectivity index (χ3n) is 1.74. The highest BCUT2D eigenvalue weighted by atomic mass is 31.2. The van der Waals surface area contributed by atoms with Crippen LogP contribution < -0.4 is 0 Å². The first-order chi connectivity index (χ1) is 6.37. The fourth-order valence-electron chi connectivity index (χ4n) is 1.28. The Balaban J connectivity index is 4.84. The van der Waals surface area contributed by atoms with Gasteiger partial charge < -0.3 is 4.52 Å². The predicted molar refractivity (Wildman–Crippen MR) is 57.0 cm³/mol. The van der Waals surface area contributed by atoms with Gasteiger partial charge in [0.1, 0.15) is 0 Å². The maximum absolute atomic E-state index is 12.1. The van der Waals surface area contributed by atoms with Gasteiger partial charge in [0, 0.05) is 12.6 Å². The van der Waals surface area contributed by atoms with E-state index in [1.54, 1.807) is 24.3 Å². The van der Waals surface area contributed by atoms with E-state index in [9.17, 15) is 4.57 Å². The average molecular weight is 218 g/mol. The molecule has 0 aliphatic rings. The molecule has 0 heterocycles. The summed E-state index contributed by atoms with van der Waals surface area (Å²) in [7, 11) is -3.28. The highest BCUT2D eigenvalue weighted by Gasteiger charge is 2.33. The molecule has 0 amide bonds. The van der Waals surface area contributed by atoms with Gasteiger partial charge in [-0.25, -0.2) is 4.67 Å². The third-order valence-corrected chi connectivity index (χ3v) is 4.12. The normalized spacial score (nSPS) is 15.9. The molecule has 5 heteroatoms. The molecular formula is C9H19N2O2P. The van der Waals surface area contributed by atoms with Crippen molar-refractivity contribution >= 4 is 7.52 Å². The van der Waals surface area contributed by atoms with Crippen LogP contribution in [-0.4, -0.2) is 23.4 Å². The van der Waals surface area contributed by atoms with Crippen LogP contribution in [0.3, 0.4) is 0 Å². The molecule has 0 saturated carbocycles. The fourth-order valence-corrected chi connectivity index (χ4v) is 3.12. The van der Waals surface area contributed by atoms with E-state index in [-0.39, 0.29) is 12.1 Å². The summed E-state index contributed by atoms with van der Waals surface area (Å²) < 4.78 is 18.9. The second-order valence-corrected chi connectivity index (χ2v) is 5.59. The van der Waals surface area contributed by atoms with E-state index in [4.69, 9.17) is 9.79 Å². The summed E-state index contributed by atoms with van der Waals surface area (Å²) in [4.78, 5) is 0. The van der Waals surface area contributed by atoms with Gasteiger partial charge in [0.2, 0.25) is 0 Å². The van der Waals surface area contributed by atoms with E-state index >= 15 is 0 Å². The van der Waals surface area contributed by atoms with Crippen LogP contribution in [0.4, 0.5) is 0 Å². The topological polar surface area (TPSA) is 53.3 Å². The molecule has 0 spiro atoms. The lowest BCUT2D eigenvalue weighted by atomic mass is 10.4. The van der Waals surface area contributed by atoms with Gasteiger partial charge in [-0.1, -0.05) is 6.92 Å². The molecule has 1 atom stereocenters. The van der Waals surface area contributed by atoms with Gasteiger partial charge in [-0.15, -0.1) is 0 Å². The van der Waals surface area contributed by atoms with Crippen molar-refractivity contribution < 1.29 is 9.09 Å². The summed E-state index contributed by atoms with van der Waals surface area (Å²) in [5.74, 6) is 1.80. The molecule has 0 bridgehead atoms. The molecular weight excluding hydrogens is 199 g/mol. The standard InChI is InChI=1S/C9H19N2O2P/c1-6-11(8(2)3)14(12,7-10)13-9(4)5/h8-9H,6H2,1-5H3. The van der Waals surface area contributed by atoms with Gasteiger partial charge in [0.05, 0.1) is 6.10 Å². The largest absolute Gasteiger partial charge is 0.371 e. The molecule has 0 aromatic carbocycles. The van der Waals surface area contributed by atoms with Crippen molar-refractivity contribution in [3.05, 3.63) is 0 Å². The minimum absolute atomic E-state index is 0.0456. The summed E-state index contributed by atoms with van der Waals surface area (Å²) in [5, 5.41) is 8.90. The molecule has 1 unspecified atom stereocenters. The van der Waals surface area contributed by atoms with Crippen molar-refractivity contribution in [2.75, 3.05) is 6.54 Å². The Morgan fingerprint density at radius 1 is 1.43 bits per heavy atom. The zero-order valence-corrected chi connectivity index (χ0v) is 10.4. The van der Waals surface area contributed by atoms with Crippen molar-refractivity contribution in [3.63, 3.8) is 0 Å². The zero-order valence-electron chi connectivity index (χ0n) is 9.52. The van der Waals surface area contributed by atoms with E-state index in [1.807, 2.05) is 20.8 Å². The predicted octanol–water partition coefficient (Wildman–Crippen LogP) is 2.82. The second-order valence-electron chi connectivity index (χ2n) is 3.62. The van der Waals surface area contributed by atoms with E-state index in [2.05, 4.69) is 0 Å². The molecule has 0 aliphatic carbocycles. The minimum Gasteiger partial charge on any atom is -0.304 e. The van der Waals surface area contributed by atoms with Gasteiger partial charge in [-0.2, -0.15) is 5.26 Å². The summed E-state index contributed by atoms with van der Waals surface area (Å²) in [6.07, 6.45) is -0.201. The zero-order chi connectivity index (χ0) is 11.4.